The first-order chi connectivity index (χ1) is 7.79. The van der Waals surface area contributed by atoms with Crippen LogP contribution in [0.2, 0.25) is 0 Å². The van der Waals surface area contributed by atoms with Gasteiger partial charge >= 0.3 is 6.18 Å². The van der Waals surface area contributed by atoms with E-state index in [2.05, 4.69) is 5.32 Å². The standard InChI is InChI=1S/C11H20F3NO2/c1-10(2)16-7-9(8-17-10)15-6-4-3-5-11(12,13)14/h9,15H,3-8H2,1-2H3. The van der Waals surface area contributed by atoms with Crippen LogP contribution in [0.5, 0.6) is 0 Å². The molecule has 3 nitrogen and oxygen atoms in total. The summed E-state index contributed by atoms with van der Waals surface area (Å²) in [5.74, 6) is -0.547. The van der Waals surface area contributed by atoms with E-state index in [0.29, 0.717) is 26.2 Å². The number of rotatable bonds is 5. The van der Waals surface area contributed by atoms with Crippen LogP contribution in [0.15, 0.2) is 0 Å². The van der Waals surface area contributed by atoms with Crippen molar-refractivity contribution in [2.24, 2.45) is 0 Å². The molecule has 1 aliphatic heterocycles. The van der Waals surface area contributed by atoms with E-state index in [1.54, 1.807) is 0 Å². The Bertz CT molecular complexity index is 221. The Balaban J connectivity index is 2.01. The molecule has 0 aliphatic carbocycles. The van der Waals surface area contributed by atoms with Crippen LogP contribution in [0.3, 0.4) is 0 Å². The van der Waals surface area contributed by atoms with Gasteiger partial charge in [0.2, 0.25) is 0 Å². The molecule has 1 N–H and O–H groups in total. The van der Waals surface area contributed by atoms with Gasteiger partial charge in [-0.3, -0.25) is 0 Å². The molecule has 0 atom stereocenters. The summed E-state index contributed by atoms with van der Waals surface area (Å²) in [6.45, 7) is 5.31. The van der Waals surface area contributed by atoms with Crippen LogP contribution in [0, 0.1) is 0 Å². The number of ether oxygens (including phenoxy) is 2. The van der Waals surface area contributed by atoms with Crippen LogP contribution in [0.4, 0.5) is 13.2 Å². The highest BCUT2D eigenvalue weighted by Gasteiger charge is 2.28. The van der Waals surface area contributed by atoms with Gasteiger partial charge in [-0.25, -0.2) is 0 Å². The van der Waals surface area contributed by atoms with Crippen molar-refractivity contribution in [3.63, 3.8) is 0 Å². The van der Waals surface area contributed by atoms with Crippen molar-refractivity contribution in [1.29, 1.82) is 0 Å². The second kappa shape index (κ2) is 6.02. The Labute approximate surface area is 99.7 Å². The minimum absolute atomic E-state index is 0.0777. The van der Waals surface area contributed by atoms with E-state index in [4.69, 9.17) is 9.47 Å². The third-order valence-corrected chi connectivity index (χ3v) is 2.58. The van der Waals surface area contributed by atoms with Crippen molar-refractivity contribution in [1.82, 2.24) is 5.32 Å². The molecule has 0 aromatic carbocycles. The van der Waals surface area contributed by atoms with Gasteiger partial charge in [-0.05, 0) is 33.2 Å². The molecule has 1 heterocycles. The molecule has 0 aromatic heterocycles. The van der Waals surface area contributed by atoms with Crippen LogP contribution in [-0.4, -0.2) is 37.8 Å². The molecule has 1 fully saturated rings. The summed E-state index contributed by atoms with van der Waals surface area (Å²) in [5.41, 5.74) is 0. The van der Waals surface area contributed by atoms with Crippen molar-refractivity contribution in [2.75, 3.05) is 19.8 Å². The molecule has 0 bridgehead atoms. The number of unbranched alkanes of at least 4 members (excludes halogenated alkanes) is 1. The maximum atomic E-state index is 11.9. The molecule has 17 heavy (non-hydrogen) atoms. The number of hydrogen-bond acceptors (Lipinski definition) is 3. The highest BCUT2D eigenvalue weighted by atomic mass is 19.4. The average Bonchev–Trinajstić information content (AvgIpc) is 2.18. The third-order valence-electron chi connectivity index (χ3n) is 2.58. The minimum atomic E-state index is -4.04. The van der Waals surface area contributed by atoms with Gasteiger partial charge in [0.15, 0.2) is 5.79 Å². The summed E-state index contributed by atoms with van der Waals surface area (Å²) in [7, 11) is 0. The van der Waals surface area contributed by atoms with Crippen molar-refractivity contribution in [2.45, 2.75) is 51.1 Å². The van der Waals surface area contributed by atoms with Gasteiger partial charge in [-0.1, -0.05) is 0 Å². The lowest BCUT2D eigenvalue weighted by Gasteiger charge is -2.35. The molecule has 1 rings (SSSR count). The highest BCUT2D eigenvalue weighted by Crippen LogP contribution is 2.22. The second-order valence-corrected chi connectivity index (χ2v) is 4.75. The fourth-order valence-corrected chi connectivity index (χ4v) is 1.57. The van der Waals surface area contributed by atoms with Crippen molar-refractivity contribution in [3.8, 4) is 0 Å². The molecular formula is C11H20F3NO2. The smallest absolute Gasteiger partial charge is 0.349 e. The first-order valence-electron chi connectivity index (χ1n) is 5.86. The van der Waals surface area contributed by atoms with Gasteiger partial charge < -0.3 is 14.8 Å². The summed E-state index contributed by atoms with van der Waals surface area (Å²) < 4.78 is 46.4. The topological polar surface area (TPSA) is 30.5 Å². The summed E-state index contributed by atoms with van der Waals surface area (Å²) in [6, 6.07) is 0.0777. The predicted molar refractivity (Wildman–Crippen MR) is 57.7 cm³/mol. The third kappa shape index (κ3) is 6.85. The van der Waals surface area contributed by atoms with Gasteiger partial charge in [0.05, 0.1) is 19.3 Å². The van der Waals surface area contributed by atoms with Crippen LogP contribution in [-0.2, 0) is 9.47 Å². The summed E-state index contributed by atoms with van der Waals surface area (Å²) in [4.78, 5) is 0. The SMILES string of the molecule is CC1(C)OCC(NCCCCC(F)(F)F)CO1. The number of alkyl halides is 3. The van der Waals surface area contributed by atoms with Crippen LogP contribution < -0.4 is 5.32 Å². The molecule has 0 aromatic rings. The van der Waals surface area contributed by atoms with E-state index < -0.39 is 18.4 Å². The van der Waals surface area contributed by atoms with Crippen LogP contribution >= 0.6 is 0 Å². The van der Waals surface area contributed by atoms with Gasteiger partial charge in [-0.15, -0.1) is 0 Å². The summed E-state index contributed by atoms with van der Waals surface area (Å²) >= 11 is 0. The highest BCUT2D eigenvalue weighted by molar-refractivity contribution is 4.73. The van der Waals surface area contributed by atoms with Crippen molar-refractivity contribution in [3.05, 3.63) is 0 Å². The Morgan fingerprint density at radius 1 is 1.18 bits per heavy atom. The predicted octanol–water partition coefficient (Wildman–Crippen LogP) is 2.46. The van der Waals surface area contributed by atoms with Crippen LogP contribution in [0.25, 0.3) is 0 Å². The lowest BCUT2D eigenvalue weighted by atomic mass is 10.2. The maximum Gasteiger partial charge on any atom is 0.389 e. The zero-order chi connectivity index (χ0) is 12.9. The Morgan fingerprint density at radius 2 is 1.76 bits per heavy atom. The zero-order valence-corrected chi connectivity index (χ0v) is 10.3. The molecule has 0 saturated carbocycles. The lowest BCUT2D eigenvalue weighted by Crippen LogP contribution is -2.48. The van der Waals surface area contributed by atoms with E-state index >= 15 is 0 Å². The number of hydrogen-bond donors (Lipinski definition) is 1. The van der Waals surface area contributed by atoms with E-state index in [1.807, 2.05) is 13.8 Å². The monoisotopic (exact) mass is 255 g/mol. The summed E-state index contributed by atoms with van der Waals surface area (Å²) in [6.07, 6.45) is -4.07. The van der Waals surface area contributed by atoms with Gasteiger partial charge in [-0.2, -0.15) is 13.2 Å². The van der Waals surface area contributed by atoms with Crippen molar-refractivity contribution < 1.29 is 22.6 Å². The quantitative estimate of drug-likeness (QED) is 0.765. The molecule has 0 unspecified atom stereocenters. The first kappa shape index (κ1) is 14.7. The molecule has 1 aliphatic rings. The molecule has 0 spiro atoms. The van der Waals surface area contributed by atoms with E-state index in [1.165, 1.54) is 0 Å². The van der Waals surface area contributed by atoms with E-state index in [-0.39, 0.29) is 12.5 Å². The largest absolute Gasteiger partial charge is 0.389 e. The fraction of sp³-hybridized carbons (Fsp3) is 1.00. The van der Waals surface area contributed by atoms with Gasteiger partial charge in [0, 0.05) is 6.42 Å². The minimum Gasteiger partial charge on any atom is -0.349 e. The van der Waals surface area contributed by atoms with Crippen LogP contribution in [0.1, 0.15) is 33.1 Å². The van der Waals surface area contributed by atoms with E-state index in [0.717, 1.165) is 0 Å². The number of halogens is 3. The molecule has 102 valence electrons. The number of nitrogens with one attached hydrogen (secondary N) is 1. The van der Waals surface area contributed by atoms with Crippen molar-refractivity contribution >= 4 is 0 Å². The zero-order valence-electron chi connectivity index (χ0n) is 10.3. The molecular weight excluding hydrogens is 235 g/mol. The molecule has 0 radical (unpaired) electrons. The first-order valence-corrected chi connectivity index (χ1v) is 5.86. The molecule has 0 amide bonds. The molecule has 1 saturated heterocycles. The fourth-order valence-electron chi connectivity index (χ4n) is 1.57. The second-order valence-electron chi connectivity index (χ2n) is 4.75. The molecule has 6 heteroatoms. The maximum absolute atomic E-state index is 11.9. The van der Waals surface area contributed by atoms with Gasteiger partial charge in [0.25, 0.3) is 0 Å². The van der Waals surface area contributed by atoms with E-state index in [9.17, 15) is 13.2 Å². The average molecular weight is 255 g/mol. The Kier molecular flexibility index (Phi) is 5.22. The Morgan fingerprint density at radius 3 is 2.29 bits per heavy atom. The summed E-state index contributed by atoms with van der Waals surface area (Å²) in [5, 5.41) is 3.13. The Hall–Kier alpha value is -0.330. The normalized spacial score (nSPS) is 21.7. The van der Waals surface area contributed by atoms with Gasteiger partial charge in [0.1, 0.15) is 0 Å². The lowest BCUT2D eigenvalue weighted by molar-refractivity contribution is -0.252.